The molecule has 0 spiro atoms. The first kappa shape index (κ1) is 22.2. The summed E-state index contributed by atoms with van der Waals surface area (Å²) in [5, 5.41) is 7.45. The van der Waals surface area contributed by atoms with E-state index in [-0.39, 0.29) is 35.9 Å². The smallest absolute Gasteiger partial charge is 0.308 e. The van der Waals surface area contributed by atoms with Gasteiger partial charge in [-0.2, -0.15) is 0 Å². The summed E-state index contributed by atoms with van der Waals surface area (Å²) in [7, 11) is 1.45. The van der Waals surface area contributed by atoms with Gasteiger partial charge in [0.2, 0.25) is 0 Å². The lowest BCUT2D eigenvalue weighted by Gasteiger charge is -2.33. The van der Waals surface area contributed by atoms with E-state index in [0.717, 1.165) is 55.5 Å². The van der Waals surface area contributed by atoms with E-state index in [4.69, 9.17) is 14.3 Å². The maximum absolute atomic E-state index is 11.7. The molecule has 1 aromatic heterocycles. The zero-order valence-electron chi connectivity index (χ0n) is 16.3. The van der Waals surface area contributed by atoms with Crippen molar-refractivity contribution >= 4 is 35.9 Å². The van der Waals surface area contributed by atoms with E-state index in [1.54, 1.807) is 0 Å². The molecule has 0 aliphatic carbocycles. The molecule has 7 nitrogen and oxygen atoms in total. The van der Waals surface area contributed by atoms with Crippen LogP contribution in [0.4, 0.5) is 0 Å². The second-order valence-corrected chi connectivity index (χ2v) is 6.50. The van der Waals surface area contributed by atoms with Crippen LogP contribution in [0, 0.1) is 5.92 Å². The SMILES string of the molecule is CCNC(=NCc1cc(-c2ccccc2)on1)N1CCC(C(=O)OC)CC1.I. The van der Waals surface area contributed by atoms with Crippen LogP contribution in [-0.4, -0.2) is 48.7 Å². The zero-order chi connectivity index (χ0) is 19.1. The number of guanidine groups is 1. The van der Waals surface area contributed by atoms with Crippen molar-refractivity contribution in [1.29, 1.82) is 0 Å². The van der Waals surface area contributed by atoms with Crippen LogP contribution in [-0.2, 0) is 16.1 Å². The van der Waals surface area contributed by atoms with Gasteiger partial charge in [0, 0.05) is 31.3 Å². The number of carbonyl (C=O) groups excluding carboxylic acids is 1. The minimum absolute atomic E-state index is 0. The van der Waals surface area contributed by atoms with E-state index in [1.165, 1.54) is 7.11 Å². The van der Waals surface area contributed by atoms with Crippen LogP contribution < -0.4 is 5.32 Å². The van der Waals surface area contributed by atoms with Gasteiger partial charge < -0.3 is 19.5 Å². The third-order valence-corrected chi connectivity index (χ3v) is 4.67. The van der Waals surface area contributed by atoms with Crippen molar-refractivity contribution in [3.63, 3.8) is 0 Å². The molecule has 0 saturated carbocycles. The fraction of sp³-hybridized carbons (Fsp3) is 0.450. The molecule has 1 aromatic carbocycles. The monoisotopic (exact) mass is 498 g/mol. The second-order valence-electron chi connectivity index (χ2n) is 6.50. The Labute approximate surface area is 182 Å². The summed E-state index contributed by atoms with van der Waals surface area (Å²) >= 11 is 0. The third kappa shape index (κ3) is 5.70. The van der Waals surface area contributed by atoms with Crippen molar-refractivity contribution in [1.82, 2.24) is 15.4 Å². The predicted octanol–water partition coefficient (Wildman–Crippen LogP) is 3.31. The van der Waals surface area contributed by atoms with Crippen LogP contribution in [0.3, 0.4) is 0 Å². The molecule has 2 heterocycles. The van der Waals surface area contributed by atoms with Crippen molar-refractivity contribution < 1.29 is 14.1 Å². The molecule has 2 aromatic rings. The molecule has 3 rings (SSSR count). The summed E-state index contributed by atoms with van der Waals surface area (Å²) in [5.41, 5.74) is 1.78. The summed E-state index contributed by atoms with van der Waals surface area (Å²) in [5.74, 6) is 1.44. The Morgan fingerprint density at radius 2 is 2.04 bits per heavy atom. The maximum atomic E-state index is 11.7. The number of benzene rings is 1. The third-order valence-electron chi connectivity index (χ3n) is 4.67. The van der Waals surface area contributed by atoms with Crippen molar-refractivity contribution in [2.45, 2.75) is 26.3 Å². The first-order chi connectivity index (χ1) is 13.2. The molecule has 1 fully saturated rings. The van der Waals surface area contributed by atoms with Gasteiger partial charge in [0.1, 0.15) is 5.69 Å². The lowest BCUT2D eigenvalue weighted by Crippen LogP contribution is -2.46. The maximum Gasteiger partial charge on any atom is 0.308 e. The lowest BCUT2D eigenvalue weighted by atomic mass is 9.97. The predicted molar refractivity (Wildman–Crippen MR) is 118 cm³/mol. The van der Waals surface area contributed by atoms with E-state index < -0.39 is 0 Å². The molecule has 0 radical (unpaired) electrons. The van der Waals surface area contributed by atoms with E-state index >= 15 is 0 Å². The Balaban J connectivity index is 0.00000280. The van der Waals surface area contributed by atoms with E-state index in [1.807, 2.05) is 43.3 Å². The highest BCUT2D eigenvalue weighted by Gasteiger charge is 2.27. The number of methoxy groups -OCH3 is 1. The molecule has 1 aliphatic rings. The summed E-state index contributed by atoms with van der Waals surface area (Å²) < 4.78 is 10.3. The lowest BCUT2D eigenvalue weighted by molar-refractivity contribution is -0.146. The number of nitrogens with one attached hydrogen (secondary N) is 1. The number of rotatable bonds is 5. The topological polar surface area (TPSA) is 80.0 Å². The first-order valence-electron chi connectivity index (χ1n) is 9.33. The molecule has 1 saturated heterocycles. The first-order valence-corrected chi connectivity index (χ1v) is 9.33. The highest BCUT2D eigenvalue weighted by Crippen LogP contribution is 2.21. The molecule has 8 heteroatoms. The van der Waals surface area contributed by atoms with Gasteiger partial charge in [-0.05, 0) is 19.8 Å². The molecule has 1 aliphatic heterocycles. The number of esters is 1. The number of hydrogen-bond acceptors (Lipinski definition) is 5. The van der Waals surface area contributed by atoms with Crippen LogP contribution in [0.15, 0.2) is 45.9 Å². The minimum atomic E-state index is -0.118. The Morgan fingerprint density at radius 3 is 2.68 bits per heavy atom. The van der Waals surface area contributed by atoms with E-state index in [2.05, 4.69) is 15.4 Å². The molecule has 28 heavy (non-hydrogen) atoms. The van der Waals surface area contributed by atoms with Gasteiger partial charge in [-0.25, -0.2) is 4.99 Å². The normalized spacial score (nSPS) is 15.1. The summed E-state index contributed by atoms with van der Waals surface area (Å²) in [6.07, 6.45) is 1.55. The number of carbonyl (C=O) groups is 1. The molecule has 152 valence electrons. The average molecular weight is 498 g/mol. The van der Waals surface area contributed by atoms with Crippen molar-refractivity contribution in [3.8, 4) is 11.3 Å². The molecular formula is C20H27IN4O3. The number of nitrogens with zero attached hydrogens (tertiary/aromatic N) is 3. The molecule has 0 amide bonds. The number of aromatic nitrogens is 1. The van der Waals surface area contributed by atoms with Crippen molar-refractivity contribution in [2.75, 3.05) is 26.7 Å². The van der Waals surface area contributed by atoms with Crippen molar-refractivity contribution in [2.24, 2.45) is 10.9 Å². The number of ether oxygens (including phenoxy) is 1. The minimum Gasteiger partial charge on any atom is -0.469 e. The van der Waals surface area contributed by atoms with E-state index in [0.29, 0.717) is 6.54 Å². The van der Waals surface area contributed by atoms with E-state index in [9.17, 15) is 4.79 Å². The van der Waals surface area contributed by atoms with Gasteiger partial charge in [0.15, 0.2) is 11.7 Å². The zero-order valence-corrected chi connectivity index (χ0v) is 18.6. The van der Waals surface area contributed by atoms with Crippen LogP contribution in [0.2, 0.25) is 0 Å². The highest BCUT2D eigenvalue weighted by atomic mass is 127. The second kappa shape index (κ2) is 11.0. The quantitative estimate of drug-likeness (QED) is 0.295. The Kier molecular flexibility index (Phi) is 8.75. The Morgan fingerprint density at radius 1 is 1.32 bits per heavy atom. The summed E-state index contributed by atoms with van der Waals surface area (Å²) in [6.45, 7) is 4.82. The summed E-state index contributed by atoms with van der Waals surface area (Å²) in [4.78, 5) is 18.6. The summed E-state index contributed by atoms with van der Waals surface area (Å²) in [6, 6.07) is 11.8. The van der Waals surface area contributed by atoms with Crippen LogP contribution >= 0.6 is 24.0 Å². The fourth-order valence-corrected chi connectivity index (χ4v) is 3.20. The molecular weight excluding hydrogens is 471 g/mol. The van der Waals surface area contributed by atoms with Crippen LogP contribution in [0.1, 0.15) is 25.5 Å². The number of aliphatic imine (C=N–C) groups is 1. The van der Waals surface area contributed by atoms with Gasteiger partial charge in [-0.1, -0.05) is 35.5 Å². The standard InChI is InChI=1S/C20H26N4O3.HI/c1-3-21-20(24-11-9-16(10-12-24)19(25)26-2)22-14-17-13-18(27-23-17)15-7-5-4-6-8-15;/h4-8,13,16H,3,9-12,14H2,1-2H3,(H,21,22);1H. The Bertz CT molecular complexity index is 771. The molecule has 0 atom stereocenters. The molecule has 0 unspecified atom stereocenters. The number of likely N-dealkylation sites (tertiary alicyclic amines) is 1. The fourth-order valence-electron chi connectivity index (χ4n) is 3.20. The molecule has 1 N–H and O–H groups in total. The Hall–Kier alpha value is -2.10. The number of hydrogen-bond donors (Lipinski definition) is 1. The molecule has 0 bridgehead atoms. The highest BCUT2D eigenvalue weighted by molar-refractivity contribution is 14.0. The van der Waals surface area contributed by atoms with Gasteiger partial charge in [-0.3, -0.25) is 4.79 Å². The van der Waals surface area contributed by atoms with Crippen LogP contribution in [0.25, 0.3) is 11.3 Å². The van der Waals surface area contributed by atoms with Gasteiger partial charge in [0.25, 0.3) is 0 Å². The van der Waals surface area contributed by atoms with Gasteiger partial charge in [0.05, 0.1) is 19.6 Å². The van der Waals surface area contributed by atoms with Crippen LogP contribution in [0.5, 0.6) is 0 Å². The van der Waals surface area contributed by atoms with Crippen molar-refractivity contribution in [3.05, 3.63) is 42.1 Å². The van der Waals surface area contributed by atoms with Gasteiger partial charge in [-0.15, -0.1) is 24.0 Å². The largest absolute Gasteiger partial charge is 0.469 e. The van der Waals surface area contributed by atoms with Gasteiger partial charge >= 0.3 is 5.97 Å². The average Bonchev–Trinajstić information content (AvgIpc) is 3.20. The number of piperidine rings is 1. The number of halogens is 1.